The third-order valence-electron chi connectivity index (χ3n) is 6.70. The van der Waals surface area contributed by atoms with E-state index >= 15 is 0 Å². The molecule has 4 rings (SSSR count). The minimum absolute atomic E-state index is 0.0604. The highest BCUT2D eigenvalue weighted by molar-refractivity contribution is 6.00. The fourth-order valence-electron chi connectivity index (χ4n) is 4.93. The maximum absolute atomic E-state index is 13.4. The molecule has 0 saturated heterocycles. The Morgan fingerprint density at radius 1 is 1.09 bits per heavy atom. The van der Waals surface area contributed by atoms with Crippen molar-refractivity contribution in [1.29, 1.82) is 0 Å². The zero-order valence-electron chi connectivity index (χ0n) is 20.0. The van der Waals surface area contributed by atoms with Crippen LogP contribution >= 0.6 is 0 Å². The zero-order valence-corrected chi connectivity index (χ0v) is 20.0. The number of nitrogens with zero attached hydrogens (tertiary/aromatic N) is 2. The number of imidazole rings is 1. The molecule has 1 aliphatic rings. The molecule has 3 aromatic rings. The number of hydrogen-bond acceptors (Lipinski definition) is 4. The van der Waals surface area contributed by atoms with E-state index in [-0.39, 0.29) is 30.2 Å². The minimum atomic E-state index is -0.885. The monoisotopic (exact) mass is 462 g/mol. The number of nitrogens with one attached hydrogen (secondary N) is 2. The maximum atomic E-state index is 13.4. The first kappa shape index (κ1) is 23.8. The first-order chi connectivity index (χ1) is 16.4. The Bertz CT molecular complexity index is 1130. The van der Waals surface area contributed by atoms with Crippen LogP contribution in [0.3, 0.4) is 0 Å². The van der Waals surface area contributed by atoms with E-state index in [1.165, 1.54) is 6.42 Å². The highest BCUT2D eigenvalue weighted by atomic mass is 16.4. The summed E-state index contributed by atoms with van der Waals surface area (Å²) in [5, 5.41) is 16.0. The van der Waals surface area contributed by atoms with Gasteiger partial charge in [0.2, 0.25) is 0 Å². The van der Waals surface area contributed by atoms with E-state index in [2.05, 4.69) is 36.6 Å². The van der Waals surface area contributed by atoms with Gasteiger partial charge in [-0.25, -0.2) is 4.98 Å². The molecule has 1 amide bonds. The maximum Gasteiger partial charge on any atom is 0.305 e. The fraction of sp³-hybridized carbons (Fsp3) is 0.444. The standard InChI is InChI=1S/C27H34N4O3/c1-18(2)24-26(28-17-19-10-5-3-6-11-19)31-15-9-14-21(25(31)30-24)27(34)29-22(16-23(32)33)20-12-7-4-8-13-20/h3,5-6,9-11,14-15,18,20,22,28H,4,7-8,12-13,16-17H2,1-2H3,(H,29,34)(H,32,33). The summed E-state index contributed by atoms with van der Waals surface area (Å²) in [6.45, 7) is 4.81. The van der Waals surface area contributed by atoms with Crippen molar-refractivity contribution < 1.29 is 14.7 Å². The van der Waals surface area contributed by atoms with Gasteiger partial charge in [-0.1, -0.05) is 63.4 Å². The molecule has 0 radical (unpaired) electrons. The van der Waals surface area contributed by atoms with Gasteiger partial charge in [0.15, 0.2) is 5.65 Å². The van der Waals surface area contributed by atoms with Gasteiger partial charge < -0.3 is 15.7 Å². The number of fused-ring (bicyclic) bond motifs is 1. The molecule has 7 heteroatoms. The van der Waals surface area contributed by atoms with Crippen LogP contribution in [0.2, 0.25) is 0 Å². The van der Waals surface area contributed by atoms with Crippen LogP contribution in [0.1, 0.15) is 79.9 Å². The average Bonchev–Trinajstić information content (AvgIpc) is 3.22. The molecule has 1 aromatic carbocycles. The third kappa shape index (κ3) is 5.41. The Morgan fingerprint density at radius 2 is 1.82 bits per heavy atom. The average molecular weight is 463 g/mol. The lowest BCUT2D eigenvalue weighted by atomic mass is 9.82. The van der Waals surface area contributed by atoms with Gasteiger partial charge >= 0.3 is 5.97 Å². The molecule has 0 bridgehead atoms. The number of carboxylic acid groups (broad SMARTS) is 1. The normalized spacial score (nSPS) is 15.4. The van der Waals surface area contributed by atoms with E-state index in [4.69, 9.17) is 4.98 Å². The zero-order chi connectivity index (χ0) is 24.1. The quantitative estimate of drug-likeness (QED) is 0.405. The van der Waals surface area contributed by atoms with Crippen molar-refractivity contribution in [2.24, 2.45) is 5.92 Å². The number of aromatic nitrogens is 2. The van der Waals surface area contributed by atoms with Crippen LogP contribution in [0.4, 0.5) is 5.82 Å². The number of hydrogen-bond donors (Lipinski definition) is 3. The molecule has 1 atom stereocenters. The molecule has 2 heterocycles. The molecule has 0 aliphatic heterocycles. The molecule has 1 saturated carbocycles. The summed E-state index contributed by atoms with van der Waals surface area (Å²) in [7, 11) is 0. The molecular formula is C27H34N4O3. The van der Waals surface area contributed by atoms with Crippen LogP contribution in [-0.2, 0) is 11.3 Å². The molecule has 2 aromatic heterocycles. The Labute approximate surface area is 200 Å². The number of pyridine rings is 1. The van der Waals surface area contributed by atoms with Crippen molar-refractivity contribution in [3.05, 3.63) is 65.5 Å². The highest BCUT2D eigenvalue weighted by Gasteiger charge is 2.28. The third-order valence-corrected chi connectivity index (χ3v) is 6.70. The molecule has 34 heavy (non-hydrogen) atoms. The number of carbonyl (C=O) groups excluding carboxylic acids is 1. The molecule has 1 aliphatic carbocycles. The summed E-state index contributed by atoms with van der Waals surface area (Å²) in [4.78, 5) is 29.8. The first-order valence-corrected chi connectivity index (χ1v) is 12.3. The number of carboxylic acids is 1. The SMILES string of the molecule is CC(C)c1nc2c(C(=O)NC(CC(=O)O)C3CCCCC3)cccn2c1NCc1ccccc1. The predicted molar refractivity (Wildman–Crippen MR) is 133 cm³/mol. The van der Waals surface area contributed by atoms with Crippen LogP contribution in [-0.4, -0.2) is 32.4 Å². The van der Waals surface area contributed by atoms with Gasteiger partial charge in [0.05, 0.1) is 17.7 Å². The smallest absolute Gasteiger partial charge is 0.305 e. The van der Waals surface area contributed by atoms with Crippen molar-refractivity contribution in [1.82, 2.24) is 14.7 Å². The summed E-state index contributed by atoms with van der Waals surface area (Å²) in [5.41, 5.74) is 3.09. The summed E-state index contributed by atoms with van der Waals surface area (Å²) < 4.78 is 1.93. The molecular weight excluding hydrogens is 428 g/mol. The van der Waals surface area contributed by atoms with Gasteiger partial charge in [0, 0.05) is 18.8 Å². The van der Waals surface area contributed by atoms with Crippen molar-refractivity contribution in [3.63, 3.8) is 0 Å². The van der Waals surface area contributed by atoms with Gasteiger partial charge in [-0.2, -0.15) is 0 Å². The van der Waals surface area contributed by atoms with Crippen molar-refractivity contribution in [3.8, 4) is 0 Å². The fourth-order valence-corrected chi connectivity index (χ4v) is 4.93. The molecule has 180 valence electrons. The molecule has 3 N–H and O–H groups in total. The summed E-state index contributed by atoms with van der Waals surface area (Å²) in [5.74, 6) is 0.0817. The summed E-state index contributed by atoms with van der Waals surface area (Å²) in [6, 6.07) is 13.4. The molecule has 0 spiro atoms. The lowest BCUT2D eigenvalue weighted by Crippen LogP contribution is -2.42. The number of carbonyl (C=O) groups is 2. The number of aliphatic carboxylic acids is 1. The largest absolute Gasteiger partial charge is 0.481 e. The summed E-state index contributed by atoms with van der Waals surface area (Å²) >= 11 is 0. The Morgan fingerprint density at radius 3 is 2.50 bits per heavy atom. The minimum Gasteiger partial charge on any atom is -0.481 e. The van der Waals surface area contributed by atoms with Crippen molar-refractivity contribution >= 4 is 23.3 Å². The second-order valence-electron chi connectivity index (χ2n) is 9.53. The molecule has 1 fully saturated rings. The van der Waals surface area contributed by atoms with Crippen molar-refractivity contribution in [2.45, 2.75) is 70.9 Å². The van der Waals surface area contributed by atoms with Gasteiger partial charge in [0.1, 0.15) is 5.82 Å². The van der Waals surface area contributed by atoms with Crippen LogP contribution in [0.5, 0.6) is 0 Å². The van der Waals surface area contributed by atoms with Crippen LogP contribution < -0.4 is 10.6 Å². The first-order valence-electron chi connectivity index (χ1n) is 12.3. The van der Waals surface area contributed by atoms with E-state index in [0.717, 1.165) is 42.8 Å². The number of benzene rings is 1. The lowest BCUT2D eigenvalue weighted by molar-refractivity contribution is -0.137. The highest BCUT2D eigenvalue weighted by Crippen LogP contribution is 2.30. The van der Waals surface area contributed by atoms with Gasteiger partial charge in [-0.15, -0.1) is 0 Å². The number of anilines is 1. The van der Waals surface area contributed by atoms with E-state index in [1.54, 1.807) is 6.07 Å². The van der Waals surface area contributed by atoms with E-state index in [0.29, 0.717) is 17.8 Å². The number of amides is 1. The Hall–Kier alpha value is -3.35. The van der Waals surface area contributed by atoms with Gasteiger partial charge in [0.25, 0.3) is 5.91 Å². The number of rotatable bonds is 9. The predicted octanol–water partition coefficient (Wildman–Crippen LogP) is 5.22. The lowest BCUT2D eigenvalue weighted by Gasteiger charge is -2.30. The molecule has 7 nitrogen and oxygen atoms in total. The van der Waals surface area contributed by atoms with E-state index in [1.807, 2.05) is 34.9 Å². The van der Waals surface area contributed by atoms with Gasteiger partial charge in [-0.05, 0) is 42.4 Å². The topological polar surface area (TPSA) is 95.7 Å². The van der Waals surface area contributed by atoms with E-state index < -0.39 is 5.97 Å². The summed E-state index contributed by atoms with van der Waals surface area (Å²) in [6.07, 6.45) is 7.10. The van der Waals surface area contributed by atoms with Crippen molar-refractivity contribution in [2.75, 3.05) is 5.32 Å². The Balaban J connectivity index is 1.63. The van der Waals surface area contributed by atoms with E-state index in [9.17, 15) is 14.7 Å². The second kappa shape index (κ2) is 10.7. The van der Waals surface area contributed by atoms with Crippen LogP contribution in [0.15, 0.2) is 48.7 Å². The second-order valence-corrected chi connectivity index (χ2v) is 9.53. The van der Waals surface area contributed by atoms with Crippen LogP contribution in [0.25, 0.3) is 5.65 Å². The molecule has 1 unspecified atom stereocenters. The van der Waals surface area contributed by atoms with Crippen LogP contribution in [0, 0.1) is 5.92 Å². The Kier molecular flexibility index (Phi) is 7.50. The van der Waals surface area contributed by atoms with Gasteiger partial charge in [-0.3, -0.25) is 14.0 Å².